The number of allylic oxidation sites excluding steroid dienone is 2. The van der Waals surface area contributed by atoms with E-state index in [2.05, 4.69) is 19.7 Å². The number of Topliss-reactive ketones (excluding diaryl/α,β-unsaturated/α-hetero) is 1. The first kappa shape index (κ1) is 21.0. The van der Waals surface area contributed by atoms with Crippen LogP contribution in [0.2, 0.25) is 0 Å². The van der Waals surface area contributed by atoms with Crippen LogP contribution < -0.4 is 9.47 Å². The van der Waals surface area contributed by atoms with Crippen molar-refractivity contribution in [1.82, 2.24) is 15.0 Å². The number of nitrogens with zero attached hydrogens (tertiary/aromatic N) is 3. The number of carbonyl (C=O) groups excluding carboxylic acids is 2. The molecule has 1 aliphatic rings. The number of methoxy groups -OCH3 is 1. The average Bonchev–Trinajstić information content (AvgIpc) is 2.77. The third-order valence-electron chi connectivity index (χ3n) is 4.27. The van der Waals surface area contributed by atoms with Gasteiger partial charge in [0.1, 0.15) is 17.2 Å². The van der Waals surface area contributed by atoms with Crippen LogP contribution in [0.5, 0.6) is 17.5 Å². The van der Waals surface area contributed by atoms with Crippen molar-refractivity contribution in [2.24, 2.45) is 0 Å². The van der Waals surface area contributed by atoms with E-state index in [9.17, 15) is 22.8 Å². The molecule has 11 heteroatoms. The molecule has 0 amide bonds. The Hall–Kier alpha value is -4.28. The van der Waals surface area contributed by atoms with Crippen LogP contribution in [0.4, 0.5) is 13.2 Å². The summed E-state index contributed by atoms with van der Waals surface area (Å²) >= 11 is 0. The Bertz CT molecular complexity index is 1220. The minimum atomic E-state index is -4.79. The molecule has 0 spiro atoms. The maximum atomic E-state index is 12.3. The summed E-state index contributed by atoms with van der Waals surface area (Å²) in [7, 11) is 1.30. The third-order valence-corrected chi connectivity index (χ3v) is 4.27. The molecule has 0 atom stereocenters. The molecule has 0 bridgehead atoms. The van der Waals surface area contributed by atoms with Gasteiger partial charge in [0.05, 0.1) is 18.4 Å². The molecule has 4 rings (SSSR count). The molecule has 1 aromatic carbocycles. The predicted octanol–water partition coefficient (Wildman–Crippen LogP) is 4.14. The summed E-state index contributed by atoms with van der Waals surface area (Å²) in [6.45, 7) is 0. The SMILES string of the molecule is COC1=CC(=O)c2nc(-c3cnc(Oc4ccc(OC(F)(F)F)cc4)nc3)ccc2C1=O. The van der Waals surface area contributed by atoms with Crippen LogP contribution in [0.1, 0.15) is 20.8 Å². The number of carbonyl (C=O) groups is 2. The van der Waals surface area contributed by atoms with Crippen molar-refractivity contribution < 1.29 is 37.0 Å². The highest BCUT2D eigenvalue weighted by atomic mass is 19.4. The second-order valence-electron chi connectivity index (χ2n) is 6.37. The second-order valence-corrected chi connectivity index (χ2v) is 6.37. The van der Waals surface area contributed by atoms with E-state index in [0.717, 1.165) is 18.2 Å². The summed E-state index contributed by atoms with van der Waals surface area (Å²) in [6.07, 6.45) is -0.917. The van der Waals surface area contributed by atoms with E-state index >= 15 is 0 Å². The lowest BCUT2D eigenvalue weighted by atomic mass is 9.97. The number of hydrogen-bond acceptors (Lipinski definition) is 8. The van der Waals surface area contributed by atoms with E-state index in [0.29, 0.717) is 11.3 Å². The van der Waals surface area contributed by atoms with Gasteiger partial charge in [-0.1, -0.05) is 0 Å². The first-order chi connectivity index (χ1) is 15.2. The van der Waals surface area contributed by atoms with Crippen LogP contribution in [0.15, 0.2) is 60.6 Å². The number of benzene rings is 1. The monoisotopic (exact) mass is 443 g/mol. The lowest BCUT2D eigenvalue weighted by Gasteiger charge is -2.14. The Kier molecular flexibility index (Phi) is 5.31. The molecular formula is C21H12F3N3O5. The van der Waals surface area contributed by atoms with Crippen molar-refractivity contribution in [2.75, 3.05) is 7.11 Å². The van der Waals surface area contributed by atoms with Crippen molar-refractivity contribution in [3.63, 3.8) is 0 Å². The predicted molar refractivity (Wildman–Crippen MR) is 102 cm³/mol. The average molecular weight is 443 g/mol. The minimum Gasteiger partial charge on any atom is -0.492 e. The summed E-state index contributed by atoms with van der Waals surface area (Å²) in [5.74, 6) is -1.14. The fraction of sp³-hybridized carbons (Fsp3) is 0.0952. The zero-order chi connectivity index (χ0) is 22.9. The van der Waals surface area contributed by atoms with Gasteiger partial charge >= 0.3 is 12.4 Å². The molecule has 0 N–H and O–H groups in total. The summed E-state index contributed by atoms with van der Waals surface area (Å²) in [4.78, 5) is 36.8. The topological polar surface area (TPSA) is 100 Å². The molecule has 162 valence electrons. The molecule has 0 saturated heterocycles. The number of pyridine rings is 1. The van der Waals surface area contributed by atoms with E-state index < -0.39 is 17.9 Å². The molecule has 1 aliphatic carbocycles. The van der Waals surface area contributed by atoms with Crippen LogP contribution in [-0.4, -0.2) is 40.0 Å². The smallest absolute Gasteiger partial charge is 0.492 e. The van der Waals surface area contributed by atoms with Gasteiger partial charge in [0.2, 0.25) is 11.6 Å². The van der Waals surface area contributed by atoms with Gasteiger partial charge in [-0.2, -0.15) is 0 Å². The second kappa shape index (κ2) is 8.10. The van der Waals surface area contributed by atoms with Crippen molar-refractivity contribution >= 4 is 11.6 Å². The summed E-state index contributed by atoms with van der Waals surface area (Å²) in [6, 6.07) is 7.68. The number of halogens is 3. The van der Waals surface area contributed by atoms with E-state index in [1.807, 2.05) is 0 Å². The molecule has 0 radical (unpaired) electrons. The molecule has 3 aromatic rings. The molecule has 32 heavy (non-hydrogen) atoms. The number of hydrogen-bond donors (Lipinski definition) is 0. The highest BCUT2D eigenvalue weighted by Crippen LogP contribution is 2.27. The third kappa shape index (κ3) is 4.41. The van der Waals surface area contributed by atoms with Gasteiger partial charge in [-0.3, -0.25) is 9.59 Å². The van der Waals surface area contributed by atoms with E-state index in [4.69, 9.17) is 9.47 Å². The standard InChI is InChI=1S/C21H12F3N3O5/c1-30-17-8-16(28)18-14(19(17)29)6-7-15(27-18)11-9-25-20(26-10-11)31-12-2-4-13(5-3-12)32-21(22,23)24/h2-10H,1H3. The number of fused-ring (bicyclic) bond motifs is 1. The molecule has 0 fully saturated rings. The van der Waals surface area contributed by atoms with E-state index in [1.54, 1.807) is 6.07 Å². The Morgan fingerprint density at radius 1 is 0.906 bits per heavy atom. The largest absolute Gasteiger partial charge is 0.573 e. The molecule has 8 nitrogen and oxygen atoms in total. The van der Waals surface area contributed by atoms with Crippen LogP contribution in [-0.2, 0) is 4.74 Å². The Morgan fingerprint density at radius 3 is 2.19 bits per heavy atom. The highest BCUT2D eigenvalue weighted by Gasteiger charge is 2.31. The molecule has 0 aliphatic heterocycles. The first-order valence-electron chi connectivity index (χ1n) is 8.95. The van der Waals surface area contributed by atoms with Crippen molar-refractivity contribution in [2.45, 2.75) is 6.36 Å². The summed E-state index contributed by atoms with van der Waals surface area (Å²) in [5, 5.41) is 0. The first-order valence-corrected chi connectivity index (χ1v) is 8.95. The Balaban J connectivity index is 1.50. The molecular weight excluding hydrogens is 431 g/mol. The number of alkyl halides is 3. The van der Waals surface area contributed by atoms with Gasteiger partial charge in [-0.15, -0.1) is 13.2 Å². The van der Waals surface area contributed by atoms with Gasteiger partial charge in [0.25, 0.3) is 0 Å². The van der Waals surface area contributed by atoms with E-state index in [1.165, 1.54) is 37.7 Å². The fourth-order valence-corrected chi connectivity index (χ4v) is 2.84. The van der Waals surface area contributed by atoms with Gasteiger partial charge in [-0.25, -0.2) is 15.0 Å². The van der Waals surface area contributed by atoms with Gasteiger partial charge < -0.3 is 14.2 Å². The van der Waals surface area contributed by atoms with E-state index in [-0.39, 0.29) is 34.5 Å². The van der Waals surface area contributed by atoms with Crippen molar-refractivity contribution in [3.8, 4) is 28.8 Å². The maximum Gasteiger partial charge on any atom is 0.573 e. The molecule has 0 unspecified atom stereocenters. The molecule has 2 aromatic heterocycles. The number of rotatable bonds is 5. The van der Waals surface area contributed by atoms with Crippen molar-refractivity contribution in [1.29, 1.82) is 0 Å². The zero-order valence-corrected chi connectivity index (χ0v) is 16.2. The van der Waals surface area contributed by atoms with Crippen LogP contribution in [0.3, 0.4) is 0 Å². The number of aromatic nitrogens is 3. The van der Waals surface area contributed by atoms with Crippen molar-refractivity contribution in [3.05, 3.63) is 71.9 Å². The quantitative estimate of drug-likeness (QED) is 0.580. The number of ether oxygens (including phenoxy) is 3. The summed E-state index contributed by atoms with van der Waals surface area (Å²) < 4.78 is 50.7. The van der Waals surface area contributed by atoms with Crippen LogP contribution >= 0.6 is 0 Å². The Labute approximate surface area is 178 Å². The molecule has 2 heterocycles. The highest BCUT2D eigenvalue weighted by molar-refractivity contribution is 6.23. The van der Waals surface area contributed by atoms with Crippen LogP contribution in [0.25, 0.3) is 11.3 Å². The Morgan fingerprint density at radius 2 is 1.56 bits per heavy atom. The van der Waals surface area contributed by atoms with Crippen LogP contribution in [0, 0.1) is 0 Å². The minimum absolute atomic E-state index is 0.00482. The fourth-order valence-electron chi connectivity index (χ4n) is 2.84. The maximum absolute atomic E-state index is 12.3. The van der Waals surface area contributed by atoms with Gasteiger partial charge in [-0.05, 0) is 36.4 Å². The zero-order valence-electron chi connectivity index (χ0n) is 16.2. The normalized spacial score (nSPS) is 13.3. The number of ketones is 2. The molecule has 0 saturated carbocycles. The lowest BCUT2D eigenvalue weighted by Crippen LogP contribution is -2.19. The van der Waals surface area contributed by atoms with Gasteiger partial charge in [0, 0.05) is 24.0 Å². The summed E-state index contributed by atoms with van der Waals surface area (Å²) in [5.41, 5.74) is 0.946. The van der Waals surface area contributed by atoms with Gasteiger partial charge in [0.15, 0.2) is 5.76 Å². The lowest BCUT2D eigenvalue weighted by molar-refractivity contribution is -0.274.